The van der Waals surface area contributed by atoms with E-state index >= 15 is 0 Å². The maximum Gasteiger partial charge on any atom is 0.122 e. The maximum absolute atomic E-state index is 10.2. The molecule has 62 valence electrons. The molecule has 1 heteroatoms. The number of carbonyl (C=O) groups excluding carboxylic acids is 1. The molecule has 0 fully saturated rings. The smallest absolute Gasteiger partial charge is 0.122 e. The standard InChI is InChI=1S/C10H16O/c1-4-10(5-2)7-6-9(3)8-11/h4-5,8-9H,1,6-7H2,2-3H3/b10-5+. The van der Waals surface area contributed by atoms with Crippen LogP contribution in [-0.4, -0.2) is 6.29 Å². The van der Waals surface area contributed by atoms with Gasteiger partial charge in [0.05, 0.1) is 0 Å². The monoisotopic (exact) mass is 152 g/mol. The maximum atomic E-state index is 10.2. The molecule has 0 bridgehead atoms. The third-order valence-electron chi connectivity index (χ3n) is 1.75. The number of carbonyl (C=O) groups is 1. The van der Waals surface area contributed by atoms with E-state index in [0.717, 1.165) is 19.1 Å². The summed E-state index contributed by atoms with van der Waals surface area (Å²) < 4.78 is 0. The van der Waals surface area contributed by atoms with Gasteiger partial charge in [-0.1, -0.05) is 31.2 Å². The highest BCUT2D eigenvalue weighted by Crippen LogP contribution is 2.10. The number of rotatable bonds is 5. The third-order valence-corrected chi connectivity index (χ3v) is 1.75. The van der Waals surface area contributed by atoms with Crippen molar-refractivity contribution in [3.63, 3.8) is 0 Å². The summed E-state index contributed by atoms with van der Waals surface area (Å²) in [6.45, 7) is 7.60. The van der Waals surface area contributed by atoms with Crippen LogP contribution in [0.4, 0.5) is 0 Å². The molecule has 11 heavy (non-hydrogen) atoms. The van der Waals surface area contributed by atoms with E-state index in [1.807, 2.05) is 26.0 Å². The van der Waals surface area contributed by atoms with Crippen molar-refractivity contribution < 1.29 is 4.79 Å². The Bertz CT molecular complexity index is 156. The fourth-order valence-electron chi connectivity index (χ4n) is 0.827. The Balaban J connectivity index is 3.68. The highest BCUT2D eigenvalue weighted by Gasteiger charge is 1.99. The van der Waals surface area contributed by atoms with E-state index in [9.17, 15) is 4.79 Å². The van der Waals surface area contributed by atoms with E-state index in [2.05, 4.69) is 6.58 Å². The van der Waals surface area contributed by atoms with Crippen molar-refractivity contribution in [2.24, 2.45) is 5.92 Å². The Labute approximate surface area is 68.8 Å². The third kappa shape index (κ3) is 4.54. The highest BCUT2D eigenvalue weighted by atomic mass is 16.1. The normalized spacial score (nSPS) is 14.2. The molecule has 0 aliphatic rings. The van der Waals surface area contributed by atoms with Gasteiger partial charge in [0.25, 0.3) is 0 Å². The molecule has 0 aromatic heterocycles. The van der Waals surface area contributed by atoms with E-state index in [-0.39, 0.29) is 5.92 Å². The van der Waals surface area contributed by atoms with Gasteiger partial charge >= 0.3 is 0 Å². The first kappa shape index (κ1) is 10.2. The lowest BCUT2D eigenvalue weighted by molar-refractivity contribution is -0.110. The summed E-state index contributed by atoms with van der Waals surface area (Å²) in [6, 6.07) is 0. The molecule has 1 atom stereocenters. The first-order chi connectivity index (χ1) is 5.24. The van der Waals surface area contributed by atoms with Gasteiger partial charge in [0, 0.05) is 5.92 Å². The lowest BCUT2D eigenvalue weighted by atomic mass is 10.0. The molecule has 0 saturated carbocycles. The molecule has 0 aliphatic carbocycles. The molecular weight excluding hydrogens is 136 g/mol. The second kappa shape index (κ2) is 5.90. The zero-order chi connectivity index (χ0) is 8.69. The van der Waals surface area contributed by atoms with Crippen molar-refractivity contribution in [3.8, 4) is 0 Å². The van der Waals surface area contributed by atoms with Crippen LogP contribution in [0.15, 0.2) is 24.3 Å². The van der Waals surface area contributed by atoms with Gasteiger partial charge in [0.2, 0.25) is 0 Å². The van der Waals surface area contributed by atoms with Crippen LogP contribution in [0, 0.1) is 5.92 Å². The predicted molar refractivity (Wildman–Crippen MR) is 48.4 cm³/mol. The van der Waals surface area contributed by atoms with Gasteiger partial charge in [-0.2, -0.15) is 0 Å². The minimum Gasteiger partial charge on any atom is -0.303 e. The Morgan fingerprint density at radius 1 is 1.64 bits per heavy atom. The van der Waals surface area contributed by atoms with E-state index < -0.39 is 0 Å². The molecule has 0 aromatic carbocycles. The van der Waals surface area contributed by atoms with Crippen LogP contribution in [0.5, 0.6) is 0 Å². The summed E-state index contributed by atoms with van der Waals surface area (Å²) >= 11 is 0. The SMILES string of the molecule is C=C/C(=C\C)CCC(C)C=O. The average molecular weight is 152 g/mol. The van der Waals surface area contributed by atoms with Gasteiger partial charge in [-0.05, 0) is 19.8 Å². The van der Waals surface area contributed by atoms with Gasteiger partial charge in [0.1, 0.15) is 6.29 Å². The second-order valence-corrected chi connectivity index (χ2v) is 2.72. The number of aldehydes is 1. The molecule has 0 spiro atoms. The minimum absolute atomic E-state index is 0.171. The van der Waals surface area contributed by atoms with Gasteiger partial charge < -0.3 is 4.79 Å². The molecule has 1 nitrogen and oxygen atoms in total. The molecule has 0 amide bonds. The van der Waals surface area contributed by atoms with Crippen molar-refractivity contribution in [1.29, 1.82) is 0 Å². The second-order valence-electron chi connectivity index (χ2n) is 2.72. The van der Waals surface area contributed by atoms with E-state index in [1.54, 1.807) is 0 Å². The van der Waals surface area contributed by atoms with Gasteiger partial charge in [-0.3, -0.25) is 0 Å². The number of hydrogen-bond acceptors (Lipinski definition) is 1. The van der Waals surface area contributed by atoms with Crippen LogP contribution < -0.4 is 0 Å². The Kier molecular flexibility index (Phi) is 5.44. The summed E-state index contributed by atoms with van der Waals surface area (Å²) in [5.41, 5.74) is 1.22. The Hall–Kier alpha value is -0.850. The molecule has 0 heterocycles. The van der Waals surface area contributed by atoms with Gasteiger partial charge in [0.15, 0.2) is 0 Å². The van der Waals surface area contributed by atoms with Crippen LogP contribution in [0.3, 0.4) is 0 Å². The molecular formula is C10H16O. The number of hydrogen-bond donors (Lipinski definition) is 0. The summed E-state index contributed by atoms with van der Waals surface area (Å²) in [6.07, 6.45) is 6.76. The summed E-state index contributed by atoms with van der Waals surface area (Å²) in [5.74, 6) is 0.171. The molecule has 0 aliphatic heterocycles. The van der Waals surface area contributed by atoms with Crippen LogP contribution in [-0.2, 0) is 4.79 Å². The Morgan fingerprint density at radius 3 is 2.64 bits per heavy atom. The lowest BCUT2D eigenvalue weighted by Gasteiger charge is -2.02. The average Bonchev–Trinajstić information content (AvgIpc) is 2.06. The zero-order valence-corrected chi connectivity index (χ0v) is 7.34. The summed E-state index contributed by atoms with van der Waals surface area (Å²) in [4.78, 5) is 10.2. The largest absolute Gasteiger partial charge is 0.303 e. The van der Waals surface area contributed by atoms with E-state index in [4.69, 9.17) is 0 Å². The molecule has 0 rings (SSSR count). The molecule has 0 aromatic rings. The summed E-state index contributed by atoms with van der Waals surface area (Å²) in [7, 11) is 0. The molecule has 0 saturated heterocycles. The van der Waals surface area contributed by atoms with Crippen molar-refractivity contribution in [2.75, 3.05) is 0 Å². The quantitative estimate of drug-likeness (QED) is 0.437. The molecule has 0 radical (unpaired) electrons. The number of allylic oxidation sites excluding steroid dienone is 3. The molecule has 1 unspecified atom stereocenters. The van der Waals surface area contributed by atoms with Crippen molar-refractivity contribution in [2.45, 2.75) is 26.7 Å². The first-order valence-electron chi connectivity index (χ1n) is 3.97. The van der Waals surface area contributed by atoms with Gasteiger partial charge in [-0.15, -0.1) is 0 Å². The minimum atomic E-state index is 0.171. The van der Waals surface area contributed by atoms with Crippen LogP contribution >= 0.6 is 0 Å². The van der Waals surface area contributed by atoms with Crippen LogP contribution in [0.1, 0.15) is 26.7 Å². The summed E-state index contributed by atoms with van der Waals surface area (Å²) in [5, 5.41) is 0. The fourth-order valence-corrected chi connectivity index (χ4v) is 0.827. The topological polar surface area (TPSA) is 17.1 Å². The van der Waals surface area contributed by atoms with E-state index in [0.29, 0.717) is 0 Å². The fraction of sp³-hybridized carbons (Fsp3) is 0.500. The highest BCUT2D eigenvalue weighted by molar-refractivity contribution is 5.52. The zero-order valence-electron chi connectivity index (χ0n) is 7.34. The van der Waals surface area contributed by atoms with Gasteiger partial charge in [-0.25, -0.2) is 0 Å². The van der Waals surface area contributed by atoms with E-state index in [1.165, 1.54) is 5.57 Å². The van der Waals surface area contributed by atoms with Crippen LogP contribution in [0.25, 0.3) is 0 Å². The first-order valence-corrected chi connectivity index (χ1v) is 3.97. The van der Waals surface area contributed by atoms with Crippen molar-refractivity contribution >= 4 is 6.29 Å². The lowest BCUT2D eigenvalue weighted by Crippen LogP contribution is -1.95. The van der Waals surface area contributed by atoms with Crippen molar-refractivity contribution in [3.05, 3.63) is 24.3 Å². The Morgan fingerprint density at radius 2 is 2.27 bits per heavy atom. The predicted octanol–water partition coefficient (Wildman–Crippen LogP) is 2.73. The molecule has 0 N–H and O–H groups in total. The van der Waals surface area contributed by atoms with Crippen LogP contribution in [0.2, 0.25) is 0 Å². The van der Waals surface area contributed by atoms with Crippen molar-refractivity contribution in [1.82, 2.24) is 0 Å².